The summed E-state index contributed by atoms with van der Waals surface area (Å²) < 4.78 is 10.1. The van der Waals surface area contributed by atoms with Crippen LogP contribution in [0, 0.1) is 5.41 Å². The molecule has 0 radical (unpaired) electrons. The summed E-state index contributed by atoms with van der Waals surface area (Å²) in [6.45, 7) is 3.96. The molecule has 31 heavy (non-hydrogen) atoms. The first-order valence-electron chi connectivity index (χ1n) is 9.25. The van der Waals surface area contributed by atoms with Crippen molar-refractivity contribution in [1.29, 1.82) is 5.41 Å². The number of amides is 1. The van der Waals surface area contributed by atoms with Gasteiger partial charge in [0.2, 0.25) is 5.17 Å². The van der Waals surface area contributed by atoms with Crippen LogP contribution in [0.15, 0.2) is 76.1 Å². The summed E-state index contributed by atoms with van der Waals surface area (Å²) in [5.41, 5.74) is 1.87. The predicted octanol–water partition coefficient (Wildman–Crippen LogP) is 5.41. The first-order chi connectivity index (χ1) is 15.1. The van der Waals surface area contributed by atoms with Crippen LogP contribution in [0.3, 0.4) is 0 Å². The Balaban J connectivity index is 1.61. The molecule has 0 saturated carbocycles. The van der Waals surface area contributed by atoms with Crippen LogP contribution < -0.4 is 4.74 Å². The number of rotatable bonds is 6. The van der Waals surface area contributed by atoms with Crippen molar-refractivity contribution in [1.82, 2.24) is 4.90 Å². The van der Waals surface area contributed by atoms with Gasteiger partial charge < -0.3 is 4.74 Å². The van der Waals surface area contributed by atoms with Crippen LogP contribution in [0.2, 0.25) is 5.02 Å². The molecule has 4 rings (SSSR count). The molecule has 2 heterocycles. The van der Waals surface area contributed by atoms with Gasteiger partial charge in [0.15, 0.2) is 5.17 Å². The summed E-state index contributed by atoms with van der Waals surface area (Å²) in [6, 6.07) is 15.1. The van der Waals surface area contributed by atoms with Crippen molar-refractivity contribution in [3.8, 4) is 5.75 Å². The van der Waals surface area contributed by atoms with Gasteiger partial charge in [-0.25, -0.2) is 4.90 Å². The van der Waals surface area contributed by atoms with E-state index in [2.05, 4.69) is 16.0 Å². The van der Waals surface area contributed by atoms with Crippen LogP contribution in [0.5, 0.6) is 5.75 Å². The van der Waals surface area contributed by atoms with E-state index in [-0.39, 0.29) is 11.4 Å². The number of nitrogens with one attached hydrogen (secondary N) is 1. The standard InChI is InChI=1S/C22H17ClN4O2S2/c1-2-10-29-18-9-8-16(23)11-15(18)12-17-19(24)27-21(25-20(17)28)31-26-22(27)30-13-14-6-4-3-5-7-14/h2-9,11-12,24H,1,10,13H2/b17-12-,24-19?. The highest BCUT2D eigenvalue weighted by Crippen LogP contribution is 2.34. The Bertz CT molecular complexity index is 1150. The highest BCUT2D eigenvalue weighted by atomic mass is 35.5. The van der Waals surface area contributed by atoms with E-state index in [1.165, 1.54) is 11.8 Å². The monoisotopic (exact) mass is 468 g/mol. The Hall–Kier alpha value is -2.81. The summed E-state index contributed by atoms with van der Waals surface area (Å²) in [6.07, 6.45) is 3.21. The van der Waals surface area contributed by atoms with Gasteiger partial charge in [0.05, 0.1) is 17.5 Å². The SMILES string of the molecule is C=CCOc1ccc(Cl)cc1/C=C1/C(=N)N2C(SCc3ccccc3)=NSC2=NC1=O. The number of aliphatic imine (C=N–C) groups is 1. The van der Waals surface area contributed by atoms with Crippen LogP contribution in [-0.4, -0.2) is 33.6 Å². The second-order valence-electron chi connectivity index (χ2n) is 6.46. The average molecular weight is 469 g/mol. The minimum absolute atomic E-state index is 0.0222. The van der Waals surface area contributed by atoms with Crippen molar-refractivity contribution in [3.63, 3.8) is 0 Å². The van der Waals surface area contributed by atoms with Gasteiger partial charge in [0.1, 0.15) is 18.2 Å². The van der Waals surface area contributed by atoms with E-state index < -0.39 is 5.91 Å². The Morgan fingerprint density at radius 1 is 1.26 bits per heavy atom. The van der Waals surface area contributed by atoms with Crippen LogP contribution in [-0.2, 0) is 10.5 Å². The van der Waals surface area contributed by atoms with Crippen molar-refractivity contribution >= 4 is 63.5 Å². The fourth-order valence-electron chi connectivity index (χ4n) is 2.88. The van der Waals surface area contributed by atoms with Gasteiger partial charge in [-0.2, -0.15) is 9.39 Å². The summed E-state index contributed by atoms with van der Waals surface area (Å²) in [4.78, 5) is 18.4. The number of nitrogens with zero attached hydrogens (tertiary/aromatic N) is 3. The number of benzene rings is 2. The zero-order valence-corrected chi connectivity index (χ0v) is 18.6. The van der Waals surface area contributed by atoms with Crippen molar-refractivity contribution in [2.45, 2.75) is 5.75 Å². The molecule has 0 bridgehead atoms. The van der Waals surface area contributed by atoms with Crippen LogP contribution in [0.1, 0.15) is 11.1 Å². The minimum Gasteiger partial charge on any atom is -0.489 e. The lowest BCUT2D eigenvalue weighted by atomic mass is 10.1. The molecule has 2 aliphatic heterocycles. The largest absolute Gasteiger partial charge is 0.489 e. The van der Waals surface area contributed by atoms with Crippen LogP contribution in [0.4, 0.5) is 0 Å². The molecule has 2 aliphatic rings. The summed E-state index contributed by atoms with van der Waals surface area (Å²) in [5, 5.41) is 10.2. The highest BCUT2D eigenvalue weighted by Gasteiger charge is 2.37. The maximum atomic E-state index is 12.7. The number of halogens is 1. The van der Waals surface area contributed by atoms with Crippen LogP contribution >= 0.6 is 35.3 Å². The van der Waals surface area contributed by atoms with E-state index in [1.54, 1.807) is 35.3 Å². The molecule has 1 N–H and O–H groups in total. The molecular weight excluding hydrogens is 452 g/mol. The van der Waals surface area contributed by atoms with E-state index in [9.17, 15) is 4.79 Å². The molecule has 2 aromatic rings. The first kappa shape index (κ1) is 21.4. The molecule has 0 saturated heterocycles. The molecule has 0 aromatic heterocycles. The number of thioether (sulfide) groups is 1. The lowest BCUT2D eigenvalue weighted by Crippen LogP contribution is -2.41. The van der Waals surface area contributed by atoms with Gasteiger partial charge in [-0.05, 0) is 29.8 Å². The molecule has 0 unspecified atom stereocenters. The van der Waals surface area contributed by atoms with E-state index >= 15 is 0 Å². The molecule has 1 amide bonds. The van der Waals surface area contributed by atoms with Gasteiger partial charge in [0, 0.05) is 16.3 Å². The Labute approximate surface area is 193 Å². The molecule has 6 nitrogen and oxygen atoms in total. The summed E-state index contributed by atoms with van der Waals surface area (Å²) in [5.74, 6) is 0.755. The van der Waals surface area contributed by atoms with Gasteiger partial charge in [-0.15, -0.1) is 0 Å². The zero-order chi connectivity index (χ0) is 21.8. The van der Waals surface area contributed by atoms with Crippen LogP contribution in [0.25, 0.3) is 6.08 Å². The normalized spacial score (nSPS) is 16.8. The fraction of sp³-hybridized carbons (Fsp3) is 0.0909. The quantitative estimate of drug-likeness (QED) is 0.348. The third kappa shape index (κ3) is 4.76. The molecule has 0 fully saturated rings. The highest BCUT2D eigenvalue weighted by molar-refractivity contribution is 8.18. The van der Waals surface area contributed by atoms with Gasteiger partial charge in [0.25, 0.3) is 5.91 Å². The zero-order valence-electron chi connectivity index (χ0n) is 16.2. The van der Waals surface area contributed by atoms with Crippen molar-refractivity contribution in [3.05, 3.63) is 82.9 Å². The van der Waals surface area contributed by atoms with Gasteiger partial charge in [-0.1, -0.05) is 66.3 Å². The molecule has 0 aliphatic carbocycles. The molecular formula is C22H17ClN4O2S2. The number of fused-ring (bicyclic) bond motifs is 1. The lowest BCUT2D eigenvalue weighted by molar-refractivity contribution is -0.114. The Kier molecular flexibility index (Phi) is 6.60. The Morgan fingerprint density at radius 2 is 2.06 bits per heavy atom. The van der Waals surface area contributed by atoms with Crippen molar-refractivity contribution in [2.24, 2.45) is 9.39 Å². The van der Waals surface area contributed by atoms with Gasteiger partial charge >= 0.3 is 0 Å². The number of ether oxygens (including phenoxy) is 1. The second-order valence-corrected chi connectivity index (χ2v) is 8.57. The minimum atomic E-state index is -0.497. The number of hydrogen-bond donors (Lipinski definition) is 1. The molecule has 9 heteroatoms. The smallest absolute Gasteiger partial charge is 0.283 e. The maximum absolute atomic E-state index is 12.7. The predicted molar refractivity (Wildman–Crippen MR) is 130 cm³/mol. The number of amidine groups is 3. The first-order valence-corrected chi connectivity index (χ1v) is 11.4. The van der Waals surface area contributed by atoms with E-state index in [0.717, 1.165) is 17.5 Å². The van der Waals surface area contributed by atoms with Crippen molar-refractivity contribution < 1.29 is 9.53 Å². The Morgan fingerprint density at radius 3 is 2.84 bits per heavy atom. The lowest BCUT2D eigenvalue weighted by Gasteiger charge is -2.24. The third-order valence-corrected chi connectivity index (χ3v) is 6.40. The number of carbonyl (C=O) groups is 1. The molecule has 0 atom stereocenters. The van der Waals surface area contributed by atoms with E-state index in [4.69, 9.17) is 21.7 Å². The maximum Gasteiger partial charge on any atom is 0.283 e. The average Bonchev–Trinajstić information content (AvgIpc) is 3.18. The van der Waals surface area contributed by atoms with Gasteiger partial charge in [-0.3, -0.25) is 10.2 Å². The molecule has 156 valence electrons. The fourth-order valence-corrected chi connectivity index (χ4v) is 4.87. The molecule has 0 spiro atoms. The number of hydrogen-bond acceptors (Lipinski definition) is 6. The third-order valence-electron chi connectivity index (χ3n) is 4.33. The summed E-state index contributed by atoms with van der Waals surface area (Å²) in [7, 11) is 0. The summed E-state index contributed by atoms with van der Waals surface area (Å²) >= 11 is 8.74. The van der Waals surface area contributed by atoms with E-state index in [1.807, 2.05) is 30.3 Å². The number of carbonyl (C=O) groups excluding carboxylic acids is 1. The second kappa shape index (κ2) is 9.55. The van der Waals surface area contributed by atoms with Crippen molar-refractivity contribution in [2.75, 3.05) is 6.61 Å². The van der Waals surface area contributed by atoms with E-state index in [0.29, 0.717) is 39.0 Å². The topological polar surface area (TPSA) is 78.1 Å². The molecule has 2 aromatic carbocycles.